The van der Waals surface area contributed by atoms with Gasteiger partial charge in [-0.3, -0.25) is 4.98 Å². The van der Waals surface area contributed by atoms with Crippen LogP contribution in [-0.4, -0.2) is 31.2 Å². The highest BCUT2D eigenvalue weighted by atomic mass is 16.5. The van der Waals surface area contributed by atoms with Gasteiger partial charge in [-0.2, -0.15) is 0 Å². The molecule has 0 bridgehead atoms. The minimum absolute atomic E-state index is 0.717. The van der Waals surface area contributed by atoms with Crippen molar-refractivity contribution in [3.63, 3.8) is 0 Å². The van der Waals surface area contributed by atoms with Gasteiger partial charge >= 0.3 is 0 Å². The maximum Gasteiger partial charge on any atom is 0.144 e. The van der Waals surface area contributed by atoms with Crippen LogP contribution in [0.1, 0.15) is 0 Å². The lowest BCUT2D eigenvalue weighted by Gasteiger charge is -2.08. The van der Waals surface area contributed by atoms with Crippen molar-refractivity contribution in [1.29, 1.82) is 0 Å². The van der Waals surface area contributed by atoms with Crippen LogP contribution in [0.2, 0.25) is 0 Å². The average molecular weight is 245 g/mol. The first-order chi connectivity index (χ1) is 8.76. The van der Waals surface area contributed by atoms with Crippen molar-refractivity contribution < 1.29 is 9.47 Å². The largest absolute Gasteiger partial charge is 0.497 e. The molecule has 0 saturated carbocycles. The monoisotopic (exact) mass is 245 g/mol. The number of ether oxygens (including phenoxy) is 2. The number of anilines is 1. The van der Waals surface area contributed by atoms with Gasteiger partial charge in [-0.25, -0.2) is 4.98 Å². The van der Waals surface area contributed by atoms with Gasteiger partial charge in [0.25, 0.3) is 0 Å². The Bertz CT molecular complexity index is 521. The van der Waals surface area contributed by atoms with Crippen LogP contribution in [0.25, 0.3) is 11.3 Å². The summed E-state index contributed by atoms with van der Waals surface area (Å²) in [7, 11) is 5.04. The van der Waals surface area contributed by atoms with Crippen LogP contribution < -0.4 is 14.8 Å². The molecule has 1 aromatic heterocycles. The second kappa shape index (κ2) is 5.35. The lowest BCUT2D eigenvalue weighted by atomic mass is 10.1. The Balaban J connectivity index is 2.48. The van der Waals surface area contributed by atoms with Gasteiger partial charge < -0.3 is 14.8 Å². The zero-order valence-electron chi connectivity index (χ0n) is 10.6. The predicted octanol–water partition coefficient (Wildman–Crippen LogP) is 2.20. The van der Waals surface area contributed by atoms with Gasteiger partial charge in [0.15, 0.2) is 0 Å². The normalized spacial score (nSPS) is 9.94. The number of nitrogens with zero attached hydrogens (tertiary/aromatic N) is 2. The molecular formula is C13H15N3O2. The topological polar surface area (TPSA) is 56.3 Å². The number of nitrogens with one attached hydrogen (secondary N) is 1. The highest BCUT2D eigenvalue weighted by Gasteiger charge is 2.06. The molecule has 0 amide bonds. The van der Waals surface area contributed by atoms with Gasteiger partial charge in [0.05, 0.1) is 32.3 Å². The molecule has 0 spiro atoms. The summed E-state index contributed by atoms with van der Waals surface area (Å²) in [4.78, 5) is 8.56. The molecule has 94 valence electrons. The van der Waals surface area contributed by atoms with Crippen molar-refractivity contribution in [1.82, 2.24) is 9.97 Å². The van der Waals surface area contributed by atoms with E-state index in [0.717, 1.165) is 22.8 Å². The summed E-state index contributed by atoms with van der Waals surface area (Å²) in [5.74, 6) is 2.16. The highest BCUT2D eigenvalue weighted by molar-refractivity contribution is 5.64. The average Bonchev–Trinajstić information content (AvgIpc) is 2.46. The fourth-order valence-corrected chi connectivity index (χ4v) is 1.58. The van der Waals surface area contributed by atoms with Gasteiger partial charge in [-0.15, -0.1) is 0 Å². The number of benzene rings is 1. The zero-order chi connectivity index (χ0) is 13.0. The molecule has 5 heteroatoms. The minimum atomic E-state index is 0.717. The van der Waals surface area contributed by atoms with Gasteiger partial charge in [-0.1, -0.05) is 0 Å². The van der Waals surface area contributed by atoms with E-state index in [1.165, 1.54) is 0 Å². The van der Waals surface area contributed by atoms with E-state index in [9.17, 15) is 0 Å². The maximum atomic E-state index is 5.23. The molecule has 0 fully saturated rings. The molecule has 5 nitrogen and oxygen atoms in total. The van der Waals surface area contributed by atoms with Crippen LogP contribution in [0, 0.1) is 0 Å². The van der Waals surface area contributed by atoms with E-state index in [0.29, 0.717) is 5.82 Å². The molecule has 18 heavy (non-hydrogen) atoms. The highest BCUT2D eigenvalue weighted by Crippen LogP contribution is 2.28. The molecule has 0 aliphatic heterocycles. The molecule has 1 aromatic carbocycles. The van der Waals surface area contributed by atoms with E-state index in [1.54, 1.807) is 33.7 Å². The molecule has 0 atom stereocenters. The van der Waals surface area contributed by atoms with Crippen molar-refractivity contribution in [2.45, 2.75) is 0 Å². The molecule has 0 saturated heterocycles. The molecule has 1 N–H and O–H groups in total. The summed E-state index contributed by atoms with van der Waals surface area (Å²) in [5, 5.41) is 2.96. The van der Waals surface area contributed by atoms with Crippen LogP contribution in [0.4, 0.5) is 5.82 Å². The molecule has 0 unspecified atom stereocenters. The van der Waals surface area contributed by atoms with Gasteiger partial charge in [0.1, 0.15) is 17.3 Å². The molecule has 0 radical (unpaired) electrons. The summed E-state index contributed by atoms with van der Waals surface area (Å²) in [5.41, 5.74) is 1.66. The van der Waals surface area contributed by atoms with E-state index in [1.807, 2.05) is 18.2 Å². The van der Waals surface area contributed by atoms with E-state index >= 15 is 0 Å². The lowest BCUT2D eigenvalue weighted by Crippen LogP contribution is -1.96. The Morgan fingerprint density at radius 1 is 1.00 bits per heavy atom. The maximum absolute atomic E-state index is 5.23. The first-order valence-corrected chi connectivity index (χ1v) is 5.50. The Morgan fingerprint density at radius 3 is 2.22 bits per heavy atom. The van der Waals surface area contributed by atoms with Crippen LogP contribution in [0.15, 0.2) is 30.6 Å². The van der Waals surface area contributed by atoms with E-state index in [4.69, 9.17) is 9.47 Å². The number of hydrogen-bond acceptors (Lipinski definition) is 5. The Labute approximate surface area is 106 Å². The molecule has 2 aromatic rings. The van der Waals surface area contributed by atoms with Crippen LogP contribution in [0.3, 0.4) is 0 Å². The molecule has 1 heterocycles. The van der Waals surface area contributed by atoms with Crippen LogP contribution in [0.5, 0.6) is 11.5 Å². The smallest absolute Gasteiger partial charge is 0.144 e. The third kappa shape index (κ3) is 2.51. The fraction of sp³-hybridized carbons (Fsp3) is 0.231. The molecule has 0 aliphatic carbocycles. The Hall–Kier alpha value is -2.30. The first-order valence-electron chi connectivity index (χ1n) is 5.50. The van der Waals surface area contributed by atoms with Crippen molar-refractivity contribution >= 4 is 5.82 Å². The summed E-state index contributed by atoms with van der Waals surface area (Å²) < 4.78 is 10.5. The second-order valence-electron chi connectivity index (χ2n) is 3.64. The van der Waals surface area contributed by atoms with Gasteiger partial charge in [-0.05, 0) is 12.1 Å². The van der Waals surface area contributed by atoms with E-state index in [-0.39, 0.29) is 0 Å². The van der Waals surface area contributed by atoms with Crippen molar-refractivity contribution in [2.75, 3.05) is 26.6 Å². The SMILES string of the molecule is CNc1cncc(-c2cc(OC)cc(OC)c2)n1. The Morgan fingerprint density at radius 2 is 1.67 bits per heavy atom. The summed E-state index contributed by atoms with van der Waals surface area (Å²) in [6, 6.07) is 5.61. The third-order valence-electron chi connectivity index (χ3n) is 2.54. The van der Waals surface area contributed by atoms with Crippen LogP contribution in [-0.2, 0) is 0 Å². The molecule has 0 aliphatic rings. The molecule has 2 rings (SSSR count). The lowest BCUT2D eigenvalue weighted by molar-refractivity contribution is 0.394. The molecular weight excluding hydrogens is 230 g/mol. The Kier molecular flexibility index (Phi) is 3.62. The quantitative estimate of drug-likeness (QED) is 0.895. The summed E-state index contributed by atoms with van der Waals surface area (Å²) in [6.45, 7) is 0. The van der Waals surface area contributed by atoms with E-state index < -0.39 is 0 Å². The number of methoxy groups -OCH3 is 2. The van der Waals surface area contributed by atoms with Crippen molar-refractivity contribution in [3.8, 4) is 22.8 Å². The summed E-state index contributed by atoms with van der Waals surface area (Å²) in [6.07, 6.45) is 3.37. The van der Waals surface area contributed by atoms with Crippen molar-refractivity contribution in [3.05, 3.63) is 30.6 Å². The van der Waals surface area contributed by atoms with Crippen molar-refractivity contribution in [2.24, 2.45) is 0 Å². The number of aromatic nitrogens is 2. The van der Waals surface area contributed by atoms with E-state index in [2.05, 4.69) is 15.3 Å². The van der Waals surface area contributed by atoms with Gasteiger partial charge in [0, 0.05) is 18.7 Å². The minimum Gasteiger partial charge on any atom is -0.497 e. The predicted molar refractivity (Wildman–Crippen MR) is 70.1 cm³/mol. The summed E-state index contributed by atoms with van der Waals surface area (Å²) >= 11 is 0. The second-order valence-corrected chi connectivity index (χ2v) is 3.64. The standard InChI is InChI=1S/C13H15N3O2/c1-14-13-8-15-7-12(16-13)9-4-10(17-2)6-11(5-9)18-3/h4-8H,1-3H3,(H,14,16). The van der Waals surface area contributed by atoms with Gasteiger partial charge in [0.2, 0.25) is 0 Å². The number of rotatable bonds is 4. The zero-order valence-corrected chi connectivity index (χ0v) is 10.6. The third-order valence-corrected chi connectivity index (χ3v) is 2.54. The first kappa shape index (κ1) is 12.2. The fourth-order valence-electron chi connectivity index (χ4n) is 1.58. The van der Waals surface area contributed by atoms with Crippen LogP contribution >= 0.6 is 0 Å². The number of hydrogen-bond donors (Lipinski definition) is 1.